The van der Waals surface area contributed by atoms with E-state index in [9.17, 15) is 9.59 Å². The molecule has 0 aromatic carbocycles. The molecule has 0 spiro atoms. The average molecular weight is 221 g/mol. The lowest BCUT2D eigenvalue weighted by Crippen LogP contribution is -2.48. The Morgan fingerprint density at radius 1 is 1.44 bits per heavy atom. The van der Waals surface area contributed by atoms with E-state index in [1.165, 1.54) is 18.3 Å². The number of amides is 1. The van der Waals surface area contributed by atoms with Crippen molar-refractivity contribution in [1.29, 1.82) is 0 Å². The number of nitrogens with zero attached hydrogens (tertiary/aromatic N) is 1. The average Bonchev–Trinajstić information content (AvgIpc) is 2.15. The fraction of sp³-hybridized carbons (Fsp3) is 0.300. The van der Waals surface area contributed by atoms with Crippen LogP contribution in [0, 0.1) is 5.92 Å². The molecular weight excluding hydrogens is 210 g/mol. The minimum atomic E-state index is -1.08. The summed E-state index contributed by atoms with van der Waals surface area (Å²) in [6.07, 6.45) is 1.34. The number of rotatable bonds is 3. The normalized spacial score (nSPS) is 15.2. The van der Waals surface area contributed by atoms with Gasteiger partial charge in [0.25, 0.3) is 0 Å². The molecule has 2 rings (SSSR count). The van der Waals surface area contributed by atoms with Crippen LogP contribution in [-0.4, -0.2) is 35.1 Å². The highest BCUT2D eigenvalue weighted by Gasteiger charge is 2.24. The summed E-state index contributed by atoms with van der Waals surface area (Å²) in [5.41, 5.74) is 0.477. The van der Waals surface area contributed by atoms with Crippen LogP contribution in [0.3, 0.4) is 0 Å². The van der Waals surface area contributed by atoms with Crippen molar-refractivity contribution in [3.63, 3.8) is 0 Å². The maximum Gasteiger partial charge on any atom is 0.354 e. The molecule has 0 unspecified atom stereocenters. The molecule has 2 heterocycles. The van der Waals surface area contributed by atoms with Crippen LogP contribution < -0.4 is 10.6 Å². The van der Waals surface area contributed by atoms with Crippen LogP contribution in [0.2, 0.25) is 0 Å². The van der Waals surface area contributed by atoms with Crippen LogP contribution in [0.5, 0.6) is 0 Å². The van der Waals surface area contributed by atoms with E-state index in [0.29, 0.717) is 18.8 Å². The maximum absolute atomic E-state index is 11.5. The van der Waals surface area contributed by atoms with Gasteiger partial charge in [0, 0.05) is 13.1 Å². The highest BCUT2D eigenvalue weighted by molar-refractivity contribution is 5.93. The summed E-state index contributed by atoms with van der Waals surface area (Å²) < 4.78 is 0. The maximum atomic E-state index is 11.5. The fourth-order valence-corrected chi connectivity index (χ4v) is 1.31. The Labute approximate surface area is 91.7 Å². The van der Waals surface area contributed by atoms with Gasteiger partial charge in [-0.2, -0.15) is 0 Å². The Morgan fingerprint density at radius 3 is 2.62 bits per heavy atom. The topological polar surface area (TPSA) is 91.3 Å². The molecule has 0 atom stereocenters. The Hall–Kier alpha value is -1.95. The van der Waals surface area contributed by atoms with Crippen LogP contribution in [0.15, 0.2) is 18.3 Å². The fourth-order valence-electron chi connectivity index (χ4n) is 1.31. The molecule has 0 bridgehead atoms. The standard InChI is InChI=1S/C10H11N3O3/c14-9(6-3-11-4-6)13-7-1-2-8(10(15)16)12-5-7/h1-2,5-6,11H,3-4H2,(H,13,14)(H,15,16). The van der Waals surface area contributed by atoms with Gasteiger partial charge in [0.05, 0.1) is 17.8 Å². The smallest absolute Gasteiger partial charge is 0.354 e. The van der Waals surface area contributed by atoms with Crippen molar-refractivity contribution in [3.8, 4) is 0 Å². The summed E-state index contributed by atoms with van der Waals surface area (Å²) in [6, 6.07) is 2.89. The molecule has 0 aliphatic carbocycles. The van der Waals surface area contributed by atoms with E-state index in [-0.39, 0.29) is 17.5 Å². The lowest BCUT2D eigenvalue weighted by atomic mass is 10.0. The highest BCUT2D eigenvalue weighted by atomic mass is 16.4. The molecular formula is C10H11N3O3. The predicted molar refractivity (Wildman–Crippen MR) is 56.2 cm³/mol. The zero-order chi connectivity index (χ0) is 11.5. The van der Waals surface area contributed by atoms with Gasteiger partial charge in [0.15, 0.2) is 0 Å². The molecule has 0 radical (unpaired) electrons. The number of anilines is 1. The number of hydrogen-bond donors (Lipinski definition) is 3. The van der Waals surface area contributed by atoms with Gasteiger partial charge in [-0.15, -0.1) is 0 Å². The number of nitrogens with one attached hydrogen (secondary N) is 2. The van der Waals surface area contributed by atoms with Crippen LogP contribution in [0.1, 0.15) is 10.5 Å². The first-order valence-electron chi connectivity index (χ1n) is 4.88. The second-order valence-electron chi connectivity index (χ2n) is 3.58. The monoisotopic (exact) mass is 221 g/mol. The first kappa shape index (κ1) is 10.6. The van der Waals surface area contributed by atoms with Crippen molar-refractivity contribution in [1.82, 2.24) is 10.3 Å². The minimum Gasteiger partial charge on any atom is -0.477 e. The number of carbonyl (C=O) groups is 2. The van der Waals surface area contributed by atoms with Crippen molar-refractivity contribution in [2.24, 2.45) is 5.92 Å². The molecule has 1 aliphatic heterocycles. The molecule has 6 nitrogen and oxygen atoms in total. The first-order valence-corrected chi connectivity index (χ1v) is 4.88. The number of carboxylic acid groups (broad SMARTS) is 1. The summed E-state index contributed by atoms with van der Waals surface area (Å²) >= 11 is 0. The predicted octanol–water partition coefficient (Wildman–Crippen LogP) is -0.0623. The lowest BCUT2D eigenvalue weighted by Gasteiger charge is -2.25. The Kier molecular flexibility index (Phi) is 2.82. The van der Waals surface area contributed by atoms with E-state index in [1.54, 1.807) is 0 Å². The third-order valence-electron chi connectivity index (χ3n) is 2.40. The molecule has 1 amide bonds. The summed E-state index contributed by atoms with van der Waals surface area (Å²) in [7, 11) is 0. The van der Waals surface area contributed by atoms with Gasteiger partial charge in [0.2, 0.25) is 5.91 Å². The molecule has 0 saturated carbocycles. The van der Waals surface area contributed by atoms with Crippen LogP contribution in [-0.2, 0) is 4.79 Å². The van der Waals surface area contributed by atoms with Crippen molar-refractivity contribution < 1.29 is 14.7 Å². The van der Waals surface area contributed by atoms with Gasteiger partial charge in [-0.1, -0.05) is 0 Å². The molecule has 1 aliphatic rings. The number of carbonyl (C=O) groups excluding carboxylic acids is 1. The number of hydrogen-bond acceptors (Lipinski definition) is 4. The number of carboxylic acids is 1. The van der Waals surface area contributed by atoms with Crippen LogP contribution >= 0.6 is 0 Å². The molecule has 6 heteroatoms. The Morgan fingerprint density at radius 2 is 2.19 bits per heavy atom. The number of aromatic nitrogens is 1. The van der Waals surface area contributed by atoms with Gasteiger partial charge in [-0.25, -0.2) is 9.78 Å². The second-order valence-corrected chi connectivity index (χ2v) is 3.58. The number of pyridine rings is 1. The second kappa shape index (κ2) is 4.28. The van der Waals surface area contributed by atoms with E-state index in [4.69, 9.17) is 5.11 Å². The third kappa shape index (κ3) is 2.17. The third-order valence-corrected chi connectivity index (χ3v) is 2.40. The first-order chi connectivity index (χ1) is 7.66. The van der Waals surface area contributed by atoms with Crippen molar-refractivity contribution in [3.05, 3.63) is 24.0 Å². The van der Waals surface area contributed by atoms with E-state index in [2.05, 4.69) is 15.6 Å². The van der Waals surface area contributed by atoms with E-state index < -0.39 is 5.97 Å². The van der Waals surface area contributed by atoms with Crippen LogP contribution in [0.4, 0.5) is 5.69 Å². The van der Waals surface area contributed by atoms with Gasteiger partial charge < -0.3 is 15.7 Å². The summed E-state index contributed by atoms with van der Waals surface area (Å²) in [5, 5.41) is 14.3. The summed E-state index contributed by atoms with van der Waals surface area (Å²) in [5.74, 6) is -1.15. The quantitative estimate of drug-likeness (QED) is 0.665. The van der Waals surface area contributed by atoms with Crippen molar-refractivity contribution >= 4 is 17.6 Å². The zero-order valence-electron chi connectivity index (χ0n) is 8.43. The minimum absolute atomic E-state index is 0.000787. The molecule has 1 aromatic rings. The van der Waals surface area contributed by atoms with Crippen LogP contribution in [0.25, 0.3) is 0 Å². The summed E-state index contributed by atoms with van der Waals surface area (Å²) in [6.45, 7) is 1.37. The molecule has 1 saturated heterocycles. The van der Waals surface area contributed by atoms with Gasteiger partial charge >= 0.3 is 5.97 Å². The molecule has 84 valence electrons. The highest BCUT2D eigenvalue weighted by Crippen LogP contribution is 2.10. The largest absolute Gasteiger partial charge is 0.477 e. The molecule has 1 fully saturated rings. The van der Waals surface area contributed by atoms with Gasteiger partial charge in [0.1, 0.15) is 5.69 Å². The number of aromatic carboxylic acids is 1. The van der Waals surface area contributed by atoms with E-state index in [1.807, 2.05) is 0 Å². The SMILES string of the molecule is O=C(O)c1ccc(NC(=O)C2CNC2)cn1. The zero-order valence-corrected chi connectivity index (χ0v) is 8.43. The van der Waals surface area contributed by atoms with E-state index in [0.717, 1.165) is 0 Å². The van der Waals surface area contributed by atoms with Gasteiger partial charge in [-0.05, 0) is 12.1 Å². The van der Waals surface area contributed by atoms with Crippen molar-refractivity contribution in [2.45, 2.75) is 0 Å². The summed E-state index contributed by atoms with van der Waals surface area (Å²) in [4.78, 5) is 25.8. The van der Waals surface area contributed by atoms with E-state index >= 15 is 0 Å². The molecule has 16 heavy (non-hydrogen) atoms. The van der Waals surface area contributed by atoms with Crippen molar-refractivity contribution in [2.75, 3.05) is 18.4 Å². The molecule has 3 N–H and O–H groups in total. The molecule has 1 aromatic heterocycles. The lowest BCUT2D eigenvalue weighted by molar-refractivity contribution is -0.121. The Balaban J connectivity index is 1.99. The van der Waals surface area contributed by atoms with Gasteiger partial charge in [-0.3, -0.25) is 4.79 Å². The Bertz CT molecular complexity index is 412.